The molecule has 3 rings (SSSR count). The molecule has 2 heterocycles. The fourth-order valence-electron chi connectivity index (χ4n) is 2.02. The molecule has 1 amide bonds. The Kier molecular flexibility index (Phi) is 3.94. The van der Waals surface area contributed by atoms with E-state index in [4.69, 9.17) is 23.2 Å². The van der Waals surface area contributed by atoms with Crippen LogP contribution in [0.5, 0.6) is 0 Å². The predicted octanol–water partition coefficient (Wildman–Crippen LogP) is 3.35. The van der Waals surface area contributed by atoms with Crippen molar-refractivity contribution < 1.29 is 4.79 Å². The topological polar surface area (TPSA) is 54.0 Å². The number of aromatic nitrogens is 1. The van der Waals surface area contributed by atoms with Crippen molar-refractivity contribution in [2.24, 2.45) is 0 Å². The van der Waals surface area contributed by atoms with Gasteiger partial charge in [-0.15, -0.1) is 11.3 Å². The van der Waals surface area contributed by atoms with Crippen molar-refractivity contribution in [1.82, 2.24) is 10.3 Å². The predicted molar refractivity (Wildman–Crippen MR) is 81.9 cm³/mol. The number of hydrogen-bond acceptors (Lipinski definition) is 4. The summed E-state index contributed by atoms with van der Waals surface area (Å²) in [6, 6.07) is 4.98. The van der Waals surface area contributed by atoms with Gasteiger partial charge in [0, 0.05) is 24.4 Å². The van der Waals surface area contributed by atoms with Crippen LogP contribution in [-0.2, 0) is 13.0 Å². The maximum atomic E-state index is 12.2. The van der Waals surface area contributed by atoms with E-state index in [2.05, 4.69) is 15.6 Å². The van der Waals surface area contributed by atoms with Gasteiger partial charge in [-0.3, -0.25) is 10.1 Å². The Morgan fingerprint density at radius 2 is 2.25 bits per heavy atom. The van der Waals surface area contributed by atoms with Gasteiger partial charge in [-0.05, 0) is 12.1 Å². The summed E-state index contributed by atoms with van der Waals surface area (Å²) in [5.74, 6) is -0.295. The van der Waals surface area contributed by atoms with Crippen LogP contribution in [-0.4, -0.2) is 17.4 Å². The summed E-state index contributed by atoms with van der Waals surface area (Å²) < 4.78 is 0. The first-order valence-electron chi connectivity index (χ1n) is 6.10. The Labute approximate surface area is 130 Å². The van der Waals surface area contributed by atoms with Crippen LogP contribution >= 0.6 is 34.5 Å². The van der Waals surface area contributed by atoms with E-state index < -0.39 is 0 Å². The molecule has 0 unspecified atom stereocenters. The van der Waals surface area contributed by atoms with Gasteiger partial charge in [0.25, 0.3) is 5.91 Å². The Morgan fingerprint density at radius 3 is 3.05 bits per heavy atom. The van der Waals surface area contributed by atoms with E-state index in [1.807, 2.05) is 0 Å². The summed E-state index contributed by atoms with van der Waals surface area (Å²) in [6.07, 6.45) is 0.889. The van der Waals surface area contributed by atoms with E-state index in [0.29, 0.717) is 15.7 Å². The minimum Gasteiger partial charge on any atom is -0.311 e. The molecule has 0 bridgehead atoms. The Bertz CT molecular complexity index is 648. The third-order valence-electron chi connectivity index (χ3n) is 3.02. The molecule has 2 aromatic rings. The average molecular weight is 328 g/mol. The SMILES string of the molecule is O=C(Nc1nc2c(s1)CNCC2)c1cccc(Cl)c1Cl. The number of fused-ring (bicyclic) bond motifs is 1. The van der Waals surface area contributed by atoms with E-state index in [1.54, 1.807) is 18.2 Å². The van der Waals surface area contributed by atoms with Crippen LogP contribution in [0.2, 0.25) is 10.0 Å². The Hall–Kier alpha value is -1.14. The lowest BCUT2D eigenvalue weighted by atomic mass is 10.2. The van der Waals surface area contributed by atoms with Crippen molar-refractivity contribution in [1.29, 1.82) is 0 Å². The zero-order valence-corrected chi connectivity index (χ0v) is 12.7. The lowest BCUT2D eigenvalue weighted by molar-refractivity contribution is 0.102. The lowest BCUT2D eigenvalue weighted by Crippen LogP contribution is -2.22. The first-order valence-corrected chi connectivity index (χ1v) is 7.67. The number of anilines is 1. The number of rotatable bonds is 2. The van der Waals surface area contributed by atoms with Gasteiger partial charge in [-0.1, -0.05) is 29.3 Å². The van der Waals surface area contributed by atoms with Gasteiger partial charge in [0.2, 0.25) is 0 Å². The van der Waals surface area contributed by atoms with Crippen molar-refractivity contribution in [3.8, 4) is 0 Å². The van der Waals surface area contributed by atoms with Crippen LogP contribution < -0.4 is 10.6 Å². The summed E-state index contributed by atoms with van der Waals surface area (Å²) in [6.45, 7) is 1.73. The van der Waals surface area contributed by atoms with Gasteiger partial charge in [-0.2, -0.15) is 0 Å². The van der Waals surface area contributed by atoms with E-state index in [9.17, 15) is 4.79 Å². The quantitative estimate of drug-likeness (QED) is 0.889. The van der Waals surface area contributed by atoms with Crippen molar-refractivity contribution in [2.45, 2.75) is 13.0 Å². The average Bonchev–Trinajstić information content (AvgIpc) is 2.83. The maximum Gasteiger partial charge on any atom is 0.259 e. The molecule has 7 heteroatoms. The van der Waals surface area contributed by atoms with E-state index >= 15 is 0 Å². The van der Waals surface area contributed by atoms with Crippen LogP contribution in [0.4, 0.5) is 5.13 Å². The van der Waals surface area contributed by atoms with Crippen LogP contribution in [0.15, 0.2) is 18.2 Å². The van der Waals surface area contributed by atoms with Crippen LogP contribution in [0.1, 0.15) is 20.9 Å². The van der Waals surface area contributed by atoms with E-state index in [1.165, 1.54) is 16.2 Å². The van der Waals surface area contributed by atoms with Gasteiger partial charge in [0.15, 0.2) is 5.13 Å². The molecular formula is C13H11Cl2N3OS. The Balaban J connectivity index is 1.82. The van der Waals surface area contributed by atoms with Crippen molar-refractivity contribution in [3.05, 3.63) is 44.4 Å². The summed E-state index contributed by atoms with van der Waals surface area (Å²) in [7, 11) is 0. The van der Waals surface area contributed by atoms with Crippen LogP contribution in [0.3, 0.4) is 0 Å². The molecular weight excluding hydrogens is 317 g/mol. The zero-order chi connectivity index (χ0) is 14.1. The third-order valence-corrected chi connectivity index (χ3v) is 4.85. The summed E-state index contributed by atoms with van der Waals surface area (Å²) in [5.41, 5.74) is 1.41. The Morgan fingerprint density at radius 1 is 1.40 bits per heavy atom. The number of amides is 1. The van der Waals surface area contributed by atoms with Gasteiger partial charge >= 0.3 is 0 Å². The largest absolute Gasteiger partial charge is 0.311 e. The second kappa shape index (κ2) is 5.69. The number of hydrogen-bond donors (Lipinski definition) is 2. The van der Waals surface area contributed by atoms with Gasteiger partial charge in [0.1, 0.15) is 0 Å². The molecule has 0 fully saturated rings. The maximum absolute atomic E-state index is 12.2. The highest BCUT2D eigenvalue weighted by molar-refractivity contribution is 7.15. The fraction of sp³-hybridized carbons (Fsp3) is 0.231. The highest BCUT2D eigenvalue weighted by atomic mass is 35.5. The van der Waals surface area contributed by atoms with Crippen molar-refractivity contribution in [2.75, 3.05) is 11.9 Å². The van der Waals surface area contributed by atoms with E-state index in [-0.39, 0.29) is 10.9 Å². The summed E-state index contributed by atoms with van der Waals surface area (Å²) >= 11 is 13.4. The molecule has 2 N–H and O–H groups in total. The molecule has 1 aromatic heterocycles. The molecule has 0 atom stereocenters. The second-order valence-electron chi connectivity index (χ2n) is 4.37. The number of nitrogens with zero attached hydrogens (tertiary/aromatic N) is 1. The monoisotopic (exact) mass is 327 g/mol. The van der Waals surface area contributed by atoms with Crippen LogP contribution in [0, 0.1) is 0 Å². The number of carbonyl (C=O) groups excluding carboxylic acids is 1. The number of benzene rings is 1. The normalized spacial score (nSPS) is 13.9. The summed E-state index contributed by atoms with van der Waals surface area (Å²) in [5, 5.41) is 7.27. The number of nitrogens with one attached hydrogen (secondary N) is 2. The molecule has 1 aliphatic rings. The molecule has 0 spiro atoms. The first-order chi connectivity index (χ1) is 9.65. The molecule has 20 heavy (non-hydrogen) atoms. The van der Waals surface area contributed by atoms with Crippen LogP contribution in [0.25, 0.3) is 0 Å². The van der Waals surface area contributed by atoms with Crippen molar-refractivity contribution >= 4 is 45.6 Å². The smallest absolute Gasteiger partial charge is 0.259 e. The first kappa shape index (κ1) is 13.8. The lowest BCUT2D eigenvalue weighted by Gasteiger charge is -2.09. The van der Waals surface area contributed by atoms with Gasteiger partial charge in [0.05, 0.1) is 21.3 Å². The minimum absolute atomic E-state index is 0.259. The molecule has 1 aliphatic heterocycles. The molecule has 4 nitrogen and oxygen atoms in total. The minimum atomic E-state index is -0.295. The second-order valence-corrected chi connectivity index (χ2v) is 6.24. The number of thiazole rings is 1. The number of halogens is 2. The molecule has 0 radical (unpaired) electrons. The summed E-state index contributed by atoms with van der Waals surface area (Å²) in [4.78, 5) is 17.8. The highest BCUT2D eigenvalue weighted by Crippen LogP contribution is 2.28. The van der Waals surface area contributed by atoms with Gasteiger partial charge < -0.3 is 5.32 Å². The van der Waals surface area contributed by atoms with Crippen molar-refractivity contribution in [3.63, 3.8) is 0 Å². The zero-order valence-electron chi connectivity index (χ0n) is 10.4. The fourth-order valence-corrected chi connectivity index (χ4v) is 3.38. The standard InChI is InChI=1S/C13H11Cl2N3OS/c14-8-3-1-2-7(11(8)15)12(19)18-13-17-9-4-5-16-6-10(9)20-13/h1-3,16H,4-6H2,(H,17,18,19). The molecule has 0 saturated carbocycles. The molecule has 0 aliphatic carbocycles. The molecule has 0 saturated heterocycles. The van der Waals surface area contributed by atoms with E-state index in [0.717, 1.165) is 25.2 Å². The number of carbonyl (C=O) groups is 1. The third kappa shape index (κ3) is 2.67. The van der Waals surface area contributed by atoms with Gasteiger partial charge in [-0.25, -0.2) is 4.98 Å². The highest BCUT2D eigenvalue weighted by Gasteiger charge is 2.18. The molecule has 1 aromatic carbocycles. The molecule has 104 valence electrons.